The predicted octanol–water partition coefficient (Wildman–Crippen LogP) is 8.74. The maximum atomic E-state index is 14.9. The minimum absolute atomic E-state index is 0.0849. The van der Waals surface area contributed by atoms with Crippen LogP contribution in [0.4, 0.5) is 21.5 Å². The van der Waals surface area contributed by atoms with Gasteiger partial charge in [-0.3, -0.25) is 0 Å². The summed E-state index contributed by atoms with van der Waals surface area (Å²) in [5.41, 5.74) is 10.7. The molecule has 0 spiro atoms. The summed E-state index contributed by atoms with van der Waals surface area (Å²) >= 11 is 0. The Morgan fingerprint density at radius 3 is 2.24 bits per heavy atom. The van der Waals surface area contributed by atoms with Crippen molar-refractivity contribution >= 4 is 27.8 Å². The quantitative estimate of drug-likeness (QED) is 0.253. The Morgan fingerprint density at radius 2 is 1.39 bits per heavy atom. The van der Waals surface area contributed by atoms with Crippen LogP contribution in [-0.4, -0.2) is 0 Å². The molecule has 158 valence electrons. The van der Waals surface area contributed by atoms with E-state index in [2.05, 4.69) is 85.5 Å². The van der Waals surface area contributed by atoms with Gasteiger partial charge in [0, 0.05) is 33.0 Å². The lowest BCUT2D eigenvalue weighted by Gasteiger charge is -2.36. The van der Waals surface area contributed by atoms with Crippen LogP contribution in [0.1, 0.15) is 25.0 Å². The summed E-state index contributed by atoms with van der Waals surface area (Å²) in [5, 5.41) is 1.64. The fourth-order valence-corrected chi connectivity index (χ4v) is 5.95. The van der Waals surface area contributed by atoms with E-state index in [1.54, 1.807) is 6.07 Å². The van der Waals surface area contributed by atoms with Gasteiger partial charge in [0.2, 0.25) is 0 Å². The van der Waals surface area contributed by atoms with Crippen molar-refractivity contribution in [2.75, 3.05) is 4.90 Å². The zero-order valence-electron chi connectivity index (χ0n) is 18.6. The number of hydrogen-bond donors (Lipinski definition) is 0. The molecular formula is C31H22FN. The van der Waals surface area contributed by atoms with Crippen molar-refractivity contribution in [3.63, 3.8) is 0 Å². The fraction of sp³-hybridized carbons (Fsp3) is 0.0968. The normalized spacial score (nSPS) is 14.7. The van der Waals surface area contributed by atoms with Crippen LogP contribution in [0.15, 0.2) is 97.1 Å². The highest BCUT2D eigenvalue weighted by atomic mass is 19.1. The van der Waals surface area contributed by atoms with Crippen molar-refractivity contribution < 1.29 is 4.39 Å². The summed E-state index contributed by atoms with van der Waals surface area (Å²) in [4.78, 5) is 2.33. The van der Waals surface area contributed by atoms with Crippen LogP contribution in [-0.2, 0) is 5.41 Å². The van der Waals surface area contributed by atoms with E-state index in [1.807, 2.05) is 24.3 Å². The second-order valence-corrected chi connectivity index (χ2v) is 9.52. The van der Waals surface area contributed by atoms with E-state index >= 15 is 0 Å². The first-order valence-electron chi connectivity index (χ1n) is 11.4. The van der Waals surface area contributed by atoms with E-state index in [9.17, 15) is 4.39 Å². The Morgan fingerprint density at radius 1 is 0.636 bits per heavy atom. The van der Waals surface area contributed by atoms with Gasteiger partial charge in [-0.15, -0.1) is 0 Å². The van der Waals surface area contributed by atoms with Crippen molar-refractivity contribution in [2.45, 2.75) is 19.3 Å². The van der Waals surface area contributed by atoms with Gasteiger partial charge in [-0.25, -0.2) is 4.39 Å². The Kier molecular flexibility index (Phi) is 3.57. The topological polar surface area (TPSA) is 3.24 Å². The van der Waals surface area contributed by atoms with Crippen LogP contribution in [0.2, 0.25) is 0 Å². The lowest BCUT2D eigenvalue weighted by atomic mass is 9.81. The van der Waals surface area contributed by atoms with Crippen molar-refractivity contribution in [3.8, 4) is 22.3 Å². The smallest absolute Gasteiger partial charge is 0.131 e. The van der Waals surface area contributed by atoms with Gasteiger partial charge >= 0.3 is 0 Å². The molecule has 0 atom stereocenters. The van der Waals surface area contributed by atoms with E-state index in [1.165, 1.54) is 27.9 Å². The van der Waals surface area contributed by atoms with E-state index in [4.69, 9.17) is 0 Å². The van der Waals surface area contributed by atoms with Gasteiger partial charge < -0.3 is 4.90 Å². The molecule has 0 amide bonds. The number of rotatable bonds is 1. The maximum absolute atomic E-state index is 14.9. The summed E-state index contributed by atoms with van der Waals surface area (Å²) in [7, 11) is 0. The van der Waals surface area contributed by atoms with Gasteiger partial charge in [-0.2, -0.15) is 0 Å². The van der Waals surface area contributed by atoms with E-state index in [0.717, 1.165) is 27.9 Å². The zero-order chi connectivity index (χ0) is 22.3. The van der Waals surface area contributed by atoms with Gasteiger partial charge in [-0.05, 0) is 46.5 Å². The average Bonchev–Trinajstić information content (AvgIpc) is 3.08. The average molecular weight is 428 g/mol. The predicted molar refractivity (Wildman–Crippen MR) is 135 cm³/mol. The third kappa shape index (κ3) is 2.30. The molecule has 1 aliphatic heterocycles. The molecule has 0 fully saturated rings. The Hall–Kier alpha value is -3.91. The highest BCUT2D eigenvalue weighted by molar-refractivity contribution is 6.17. The third-order valence-electron chi connectivity index (χ3n) is 7.46. The molecule has 1 aliphatic carbocycles. The summed E-state index contributed by atoms with van der Waals surface area (Å²) in [5.74, 6) is -0.181. The maximum Gasteiger partial charge on any atom is 0.131 e. The molecule has 0 saturated heterocycles. The molecule has 0 N–H and O–H groups in total. The van der Waals surface area contributed by atoms with Crippen LogP contribution in [0.25, 0.3) is 33.0 Å². The summed E-state index contributed by atoms with van der Waals surface area (Å²) in [6.45, 7) is 4.62. The van der Waals surface area contributed by atoms with Gasteiger partial charge in [0.15, 0.2) is 0 Å². The fourth-order valence-electron chi connectivity index (χ4n) is 5.95. The number of fused-ring (bicyclic) bond motifs is 6. The number of benzene rings is 5. The molecule has 0 unspecified atom stereocenters. The molecule has 0 radical (unpaired) electrons. The van der Waals surface area contributed by atoms with E-state index < -0.39 is 0 Å². The van der Waals surface area contributed by atoms with Crippen LogP contribution >= 0.6 is 0 Å². The molecule has 33 heavy (non-hydrogen) atoms. The first-order valence-corrected chi connectivity index (χ1v) is 11.4. The Bertz CT molecular complexity index is 1600. The van der Waals surface area contributed by atoms with Crippen LogP contribution < -0.4 is 4.90 Å². The number of halogens is 1. The van der Waals surface area contributed by atoms with Crippen molar-refractivity contribution in [3.05, 3.63) is 114 Å². The lowest BCUT2D eigenvalue weighted by Crippen LogP contribution is -2.18. The van der Waals surface area contributed by atoms with E-state index in [0.29, 0.717) is 5.39 Å². The van der Waals surface area contributed by atoms with Crippen LogP contribution in [0.5, 0.6) is 0 Å². The van der Waals surface area contributed by atoms with Crippen LogP contribution in [0.3, 0.4) is 0 Å². The number of nitrogens with zero attached hydrogens (tertiary/aromatic N) is 1. The highest BCUT2D eigenvalue weighted by Crippen LogP contribution is 2.60. The molecule has 0 saturated carbocycles. The molecular weight excluding hydrogens is 405 g/mol. The first kappa shape index (κ1) is 18.6. The summed E-state index contributed by atoms with van der Waals surface area (Å²) < 4.78 is 14.9. The van der Waals surface area contributed by atoms with Gasteiger partial charge in [-0.1, -0.05) is 86.6 Å². The SMILES string of the molecule is CC1(C)c2ccccc2-c2c1ccc1c2N(c2ccccc2)c2cccc3c(F)ccc-1c23. The molecule has 5 aromatic carbocycles. The summed E-state index contributed by atoms with van der Waals surface area (Å²) in [6, 6.07) is 33.2. The molecule has 1 heterocycles. The Labute approximate surface area is 192 Å². The minimum Gasteiger partial charge on any atom is -0.309 e. The molecule has 1 nitrogen and oxygen atoms in total. The van der Waals surface area contributed by atoms with Crippen LogP contribution in [0, 0.1) is 5.82 Å². The van der Waals surface area contributed by atoms with Gasteiger partial charge in [0.25, 0.3) is 0 Å². The van der Waals surface area contributed by atoms with Gasteiger partial charge in [0.05, 0.1) is 11.4 Å². The molecule has 2 aliphatic rings. The Balaban J connectivity index is 1.69. The highest BCUT2D eigenvalue weighted by Gasteiger charge is 2.40. The molecule has 5 aromatic rings. The largest absolute Gasteiger partial charge is 0.309 e. The molecule has 2 heteroatoms. The third-order valence-corrected chi connectivity index (χ3v) is 7.46. The second-order valence-electron chi connectivity index (χ2n) is 9.52. The first-order chi connectivity index (χ1) is 16.1. The number of hydrogen-bond acceptors (Lipinski definition) is 1. The minimum atomic E-state index is -0.181. The molecule has 7 rings (SSSR count). The van der Waals surface area contributed by atoms with Crippen molar-refractivity contribution in [1.82, 2.24) is 0 Å². The molecule has 0 aromatic heterocycles. The standard InChI is InChI=1S/C31H22FN/c1-31(2)24-13-7-6-11-22(24)29-25(31)17-15-21-20-16-18-26(32)23-12-8-14-27(28(20)23)33(30(21)29)19-9-4-3-5-10-19/h3-18H,1-2H3. The number of anilines is 3. The monoisotopic (exact) mass is 427 g/mol. The molecule has 0 bridgehead atoms. The lowest BCUT2D eigenvalue weighted by molar-refractivity contribution is 0.640. The zero-order valence-corrected chi connectivity index (χ0v) is 18.6. The second kappa shape index (κ2) is 6.32. The summed E-state index contributed by atoms with van der Waals surface area (Å²) in [6.07, 6.45) is 0. The number of para-hydroxylation sites is 1. The van der Waals surface area contributed by atoms with E-state index in [-0.39, 0.29) is 11.2 Å². The van der Waals surface area contributed by atoms with Crippen molar-refractivity contribution in [1.29, 1.82) is 0 Å². The van der Waals surface area contributed by atoms with Crippen molar-refractivity contribution in [2.24, 2.45) is 0 Å². The van der Waals surface area contributed by atoms with Gasteiger partial charge in [0.1, 0.15) is 5.82 Å².